The molecule has 0 aliphatic carbocycles. The molecule has 0 radical (unpaired) electrons. The van der Waals surface area contributed by atoms with E-state index in [-0.39, 0.29) is 51.3 Å². The monoisotopic (exact) mass is 970 g/mol. The van der Waals surface area contributed by atoms with E-state index in [0.29, 0.717) is 40.1 Å². The van der Waals surface area contributed by atoms with Crippen molar-refractivity contribution in [3.63, 3.8) is 0 Å². The molecule has 0 saturated carbocycles. The van der Waals surface area contributed by atoms with Crippen molar-refractivity contribution in [2.75, 3.05) is 61.9 Å². The Labute approximate surface area is 377 Å². The first-order valence-electron chi connectivity index (χ1n) is 18.7. The van der Waals surface area contributed by atoms with Crippen LogP contribution in [0.1, 0.15) is 66.7 Å². The molecule has 324 valence electrons. The molecule has 60 heavy (non-hydrogen) atoms. The quantitative estimate of drug-likeness (QED) is 0.0663. The van der Waals surface area contributed by atoms with Gasteiger partial charge in [-0.3, -0.25) is 34.7 Å². The normalized spacial score (nSPS) is 13.5. The fourth-order valence-electron chi connectivity index (χ4n) is 5.85. The van der Waals surface area contributed by atoms with Crippen molar-refractivity contribution in [1.29, 1.82) is 0 Å². The van der Waals surface area contributed by atoms with Crippen LogP contribution < -0.4 is 25.4 Å². The highest BCUT2D eigenvalue weighted by Crippen LogP contribution is 2.31. The third-order valence-corrected chi connectivity index (χ3v) is 10.3. The standard InChI is InChI=1S/C20H21Cl2N3O4.C15H11BrCl2N2O4.C5H11N.CH4/c21-14-4-7-19(29-11-10-24-8-2-1-3-9-24)16(12-14)20(26)23-18-6-5-15(25(27)28)13-17(18)22;16-5-6-24-14-4-1-9(17)7-11(14)15(21)19-13-3-2-10(20(22)23)8-12(13)18;1-2-4-6-5-3-1;/h4-7,12-13H,1-3,8-11H2,(H,23,26);1-4,7-8H,5-6H2,(H,19,21);6H,1-5H2;1H4. The lowest BCUT2D eigenvalue weighted by Crippen LogP contribution is -2.33. The van der Waals surface area contributed by atoms with Gasteiger partial charge in [0.25, 0.3) is 23.2 Å². The number of halogens is 5. The molecule has 6 rings (SSSR count). The summed E-state index contributed by atoms with van der Waals surface area (Å²) >= 11 is 27.3. The van der Waals surface area contributed by atoms with Gasteiger partial charge in [0.05, 0.1) is 49.0 Å². The van der Waals surface area contributed by atoms with Crippen LogP contribution in [0.4, 0.5) is 22.7 Å². The molecular weight excluding hydrogens is 926 g/mol. The number of nitro groups is 2. The third kappa shape index (κ3) is 16.3. The van der Waals surface area contributed by atoms with E-state index in [1.165, 1.54) is 94.1 Å². The topological polar surface area (TPSA) is 178 Å². The summed E-state index contributed by atoms with van der Waals surface area (Å²) in [5, 5.41) is 31.6. The number of non-ortho nitro benzene ring substituents is 2. The first-order chi connectivity index (χ1) is 28.4. The summed E-state index contributed by atoms with van der Waals surface area (Å²) in [6.07, 6.45) is 7.88. The van der Waals surface area contributed by atoms with Gasteiger partial charge in [0.15, 0.2) is 0 Å². The fourth-order valence-corrected chi connectivity index (χ4v) is 6.80. The highest BCUT2D eigenvalue weighted by atomic mass is 79.9. The summed E-state index contributed by atoms with van der Waals surface area (Å²) < 4.78 is 11.3. The lowest BCUT2D eigenvalue weighted by atomic mass is 10.1. The minimum atomic E-state index is -0.569. The summed E-state index contributed by atoms with van der Waals surface area (Å²) in [6, 6.07) is 17.1. The van der Waals surface area contributed by atoms with E-state index in [2.05, 4.69) is 36.8 Å². The molecule has 4 aromatic carbocycles. The number of carbonyl (C=O) groups is 2. The molecule has 3 N–H and O–H groups in total. The second-order valence-corrected chi connectivity index (χ2v) is 15.6. The van der Waals surface area contributed by atoms with Crippen LogP contribution in [0.3, 0.4) is 0 Å². The molecule has 2 aliphatic rings. The molecule has 14 nitrogen and oxygen atoms in total. The second kappa shape index (κ2) is 26.2. The Morgan fingerprint density at radius 2 is 1.12 bits per heavy atom. The van der Waals surface area contributed by atoms with Gasteiger partial charge in [-0.05, 0) is 100 Å². The van der Waals surface area contributed by atoms with E-state index in [1.54, 1.807) is 24.3 Å². The highest BCUT2D eigenvalue weighted by Gasteiger charge is 2.19. The largest absolute Gasteiger partial charge is 0.492 e. The Balaban J connectivity index is 0.000000280. The zero-order chi connectivity index (χ0) is 42.7. The molecule has 0 bridgehead atoms. The Morgan fingerprint density at radius 1 is 0.667 bits per heavy atom. The molecule has 0 aromatic heterocycles. The van der Waals surface area contributed by atoms with Crippen molar-refractivity contribution in [1.82, 2.24) is 10.2 Å². The van der Waals surface area contributed by atoms with E-state index in [1.807, 2.05) is 0 Å². The van der Waals surface area contributed by atoms with Gasteiger partial charge >= 0.3 is 0 Å². The molecule has 2 heterocycles. The van der Waals surface area contributed by atoms with E-state index >= 15 is 0 Å². The highest BCUT2D eigenvalue weighted by molar-refractivity contribution is 9.09. The number of anilines is 2. The maximum absolute atomic E-state index is 12.8. The second-order valence-electron chi connectivity index (χ2n) is 13.1. The van der Waals surface area contributed by atoms with E-state index in [9.17, 15) is 29.8 Å². The summed E-state index contributed by atoms with van der Waals surface area (Å²) in [5.41, 5.74) is 0.697. The summed E-state index contributed by atoms with van der Waals surface area (Å²) in [4.78, 5) is 48.0. The summed E-state index contributed by atoms with van der Waals surface area (Å²) in [6.45, 7) is 6.25. The van der Waals surface area contributed by atoms with E-state index in [4.69, 9.17) is 55.9 Å². The Kier molecular flexibility index (Phi) is 21.9. The van der Waals surface area contributed by atoms with Crippen molar-refractivity contribution in [3.8, 4) is 11.5 Å². The van der Waals surface area contributed by atoms with Crippen LogP contribution in [0.5, 0.6) is 11.5 Å². The number of nitrogens with zero attached hydrogens (tertiary/aromatic N) is 3. The van der Waals surface area contributed by atoms with E-state index < -0.39 is 21.7 Å². The van der Waals surface area contributed by atoms with Crippen LogP contribution in [-0.2, 0) is 0 Å². The van der Waals surface area contributed by atoms with Gasteiger partial charge < -0.3 is 25.4 Å². The summed E-state index contributed by atoms with van der Waals surface area (Å²) in [7, 11) is 0. The number of benzene rings is 4. The van der Waals surface area contributed by atoms with Gasteiger partial charge in [-0.2, -0.15) is 0 Å². The number of likely N-dealkylation sites (tertiary alicyclic amines) is 1. The number of carbonyl (C=O) groups excluding carboxylic acids is 2. The Bertz CT molecular complexity index is 2060. The molecule has 2 amide bonds. The SMILES string of the molecule is C.C1CCNCC1.O=C(Nc1ccc([N+](=O)[O-])cc1Cl)c1cc(Cl)ccc1OCCBr.O=C(Nc1ccc([N+](=O)[O-])cc1Cl)c1cc(Cl)ccc1OCCN1CCCCC1. The van der Waals surface area contributed by atoms with Crippen molar-refractivity contribution < 1.29 is 28.9 Å². The van der Waals surface area contributed by atoms with Crippen LogP contribution in [0.15, 0.2) is 72.8 Å². The minimum Gasteiger partial charge on any atom is -0.492 e. The number of rotatable bonds is 13. The number of hydrogen-bond acceptors (Lipinski definition) is 10. The van der Waals surface area contributed by atoms with Gasteiger partial charge in [0, 0.05) is 46.2 Å². The average Bonchev–Trinajstić information content (AvgIpc) is 3.23. The van der Waals surface area contributed by atoms with Crippen LogP contribution in [0.2, 0.25) is 20.1 Å². The van der Waals surface area contributed by atoms with Crippen molar-refractivity contribution >= 4 is 96.9 Å². The van der Waals surface area contributed by atoms with Crippen LogP contribution in [-0.4, -0.2) is 77.8 Å². The van der Waals surface area contributed by atoms with Gasteiger partial charge in [0.1, 0.15) is 18.1 Å². The third-order valence-electron chi connectivity index (χ3n) is 8.85. The molecule has 4 aromatic rings. The lowest BCUT2D eigenvalue weighted by molar-refractivity contribution is -0.385. The number of alkyl halides is 1. The van der Waals surface area contributed by atoms with Crippen molar-refractivity contribution in [2.24, 2.45) is 0 Å². The molecule has 0 unspecified atom stereocenters. The molecule has 2 aliphatic heterocycles. The number of nitrogens with one attached hydrogen (secondary N) is 3. The van der Waals surface area contributed by atoms with Crippen molar-refractivity contribution in [3.05, 3.63) is 124 Å². The zero-order valence-electron chi connectivity index (χ0n) is 31.8. The number of piperidine rings is 2. The first-order valence-corrected chi connectivity index (χ1v) is 21.3. The minimum absolute atomic E-state index is 0. The molecule has 2 saturated heterocycles. The lowest BCUT2D eigenvalue weighted by Gasteiger charge is -2.26. The van der Waals surface area contributed by atoms with Gasteiger partial charge in [0.2, 0.25) is 0 Å². The zero-order valence-corrected chi connectivity index (χ0v) is 36.4. The fraction of sp³-hybridized carbons (Fsp3) is 0.366. The Morgan fingerprint density at radius 3 is 1.50 bits per heavy atom. The van der Waals surface area contributed by atoms with Gasteiger partial charge in [-0.15, -0.1) is 0 Å². The molecule has 19 heteroatoms. The van der Waals surface area contributed by atoms with Gasteiger partial charge in [-0.25, -0.2) is 0 Å². The molecule has 2 fully saturated rings. The smallest absolute Gasteiger partial charge is 0.271 e. The molecular formula is C41H47BrCl4N6O8. The van der Waals surface area contributed by atoms with Crippen LogP contribution in [0, 0.1) is 20.2 Å². The average molecular weight is 974 g/mol. The van der Waals surface area contributed by atoms with Crippen LogP contribution >= 0.6 is 62.3 Å². The molecule has 0 atom stereocenters. The maximum atomic E-state index is 12.8. The predicted octanol–water partition coefficient (Wildman–Crippen LogP) is 11.3. The van der Waals surface area contributed by atoms with E-state index in [0.717, 1.165) is 25.7 Å². The number of amides is 2. The Hall–Kier alpha value is -4.22. The number of ether oxygens (including phenoxy) is 2. The summed E-state index contributed by atoms with van der Waals surface area (Å²) in [5.74, 6) is -0.162. The first kappa shape index (κ1) is 50.1. The number of nitro benzene ring substituents is 2. The van der Waals surface area contributed by atoms with Crippen molar-refractivity contribution in [2.45, 2.75) is 46.0 Å². The van der Waals surface area contributed by atoms with Gasteiger partial charge in [-0.1, -0.05) is 82.6 Å². The number of hydrogen-bond donors (Lipinski definition) is 3. The van der Waals surface area contributed by atoms with Crippen LogP contribution in [0.25, 0.3) is 0 Å². The maximum Gasteiger partial charge on any atom is 0.271 e. The molecule has 0 spiro atoms. The predicted molar refractivity (Wildman–Crippen MR) is 244 cm³/mol.